The molecule has 1 unspecified atom stereocenters. The molecular weight excluding hydrogens is 438 g/mol. The van der Waals surface area contributed by atoms with E-state index in [0.717, 1.165) is 6.42 Å². The highest BCUT2D eigenvalue weighted by Crippen LogP contribution is 2.40. The molecule has 1 aliphatic rings. The molecule has 0 saturated carbocycles. The number of ketones is 1. The summed E-state index contributed by atoms with van der Waals surface area (Å²) in [7, 11) is 3.81. The number of hydrogen-bond acceptors (Lipinski definition) is 7. The fraction of sp³-hybridized carbons (Fsp3) is 0.360. The zero-order valence-corrected chi connectivity index (χ0v) is 19.6. The Balaban J connectivity index is 2.07. The maximum absolute atomic E-state index is 13.1. The third kappa shape index (κ3) is 5.43. The molecule has 180 valence electrons. The average Bonchev–Trinajstić information content (AvgIpc) is 3.07. The van der Waals surface area contributed by atoms with E-state index in [4.69, 9.17) is 4.74 Å². The smallest absolute Gasteiger partial charge is 0.295 e. The number of nitrogens with zero attached hydrogens (tertiary/aromatic N) is 3. The van der Waals surface area contributed by atoms with Crippen molar-refractivity contribution in [3.05, 3.63) is 75.3 Å². The molecule has 1 fully saturated rings. The standard InChI is InChI=1S/C25H29N3O6/c1-4-15-34-20-11-9-17(10-12-20)23(29)21-22(18-7-5-8-19(16-18)28(32)33)27(25(31)24(21)30)14-6-13-26(2)3/h5,7-12,16,22,29H,4,6,13-15H2,1-3H3/b23-21+. The molecular formula is C25H29N3O6. The number of likely N-dealkylation sites (tertiary alicyclic amines) is 1. The van der Waals surface area contributed by atoms with Crippen LogP contribution in [-0.2, 0) is 9.59 Å². The van der Waals surface area contributed by atoms with Crippen molar-refractivity contribution < 1.29 is 24.4 Å². The Hall–Kier alpha value is -3.72. The summed E-state index contributed by atoms with van der Waals surface area (Å²) in [6, 6.07) is 11.5. The van der Waals surface area contributed by atoms with Crippen molar-refractivity contribution >= 4 is 23.1 Å². The average molecular weight is 468 g/mol. The number of benzene rings is 2. The topological polar surface area (TPSA) is 113 Å². The first-order chi connectivity index (χ1) is 16.2. The Morgan fingerprint density at radius 1 is 1.18 bits per heavy atom. The summed E-state index contributed by atoms with van der Waals surface area (Å²) in [5, 5.41) is 22.5. The van der Waals surface area contributed by atoms with Crippen LogP contribution in [0.1, 0.15) is 36.9 Å². The number of rotatable bonds is 10. The van der Waals surface area contributed by atoms with Crippen LogP contribution in [0.25, 0.3) is 5.76 Å². The lowest BCUT2D eigenvalue weighted by molar-refractivity contribution is -0.384. The van der Waals surface area contributed by atoms with Gasteiger partial charge in [-0.25, -0.2) is 0 Å². The monoisotopic (exact) mass is 467 g/mol. The van der Waals surface area contributed by atoms with Crippen molar-refractivity contribution in [3.8, 4) is 5.75 Å². The fourth-order valence-corrected chi connectivity index (χ4v) is 3.91. The number of Topliss-reactive ketones (excluding diaryl/α,β-unsaturated/α-hetero) is 1. The highest BCUT2D eigenvalue weighted by molar-refractivity contribution is 6.46. The number of non-ortho nitro benzene ring substituents is 1. The highest BCUT2D eigenvalue weighted by Gasteiger charge is 2.46. The second-order valence-corrected chi connectivity index (χ2v) is 8.37. The molecule has 0 aliphatic carbocycles. The number of carbonyl (C=O) groups is 2. The SMILES string of the molecule is CCCOc1ccc(/C(O)=C2\C(=O)C(=O)N(CCCN(C)C)C2c2cccc([N+](=O)[O-])c2)cc1. The van der Waals surface area contributed by atoms with Gasteiger partial charge in [0, 0.05) is 24.2 Å². The lowest BCUT2D eigenvalue weighted by Crippen LogP contribution is -2.32. The third-order valence-electron chi connectivity index (χ3n) is 5.54. The first-order valence-electron chi connectivity index (χ1n) is 11.1. The lowest BCUT2D eigenvalue weighted by atomic mass is 9.95. The van der Waals surface area contributed by atoms with Crippen molar-refractivity contribution in [2.75, 3.05) is 33.8 Å². The van der Waals surface area contributed by atoms with E-state index in [9.17, 15) is 24.8 Å². The van der Waals surface area contributed by atoms with Gasteiger partial charge in [-0.15, -0.1) is 0 Å². The van der Waals surface area contributed by atoms with Gasteiger partial charge in [-0.2, -0.15) is 0 Å². The molecule has 3 rings (SSSR count). The Bertz CT molecular complexity index is 1090. The number of aliphatic hydroxyl groups excluding tert-OH is 1. The summed E-state index contributed by atoms with van der Waals surface area (Å²) < 4.78 is 5.57. The van der Waals surface area contributed by atoms with Crippen LogP contribution in [0.15, 0.2) is 54.1 Å². The zero-order chi connectivity index (χ0) is 24.8. The Morgan fingerprint density at radius 2 is 1.88 bits per heavy atom. The predicted molar refractivity (Wildman–Crippen MR) is 128 cm³/mol. The predicted octanol–water partition coefficient (Wildman–Crippen LogP) is 3.76. The molecule has 1 heterocycles. The molecule has 0 bridgehead atoms. The first-order valence-corrected chi connectivity index (χ1v) is 11.1. The summed E-state index contributed by atoms with van der Waals surface area (Å²) in [5.74, 6) is -1.25. The molecule has 0 radical (unpaired) electrons. The molecule has 1 N–H and O–H groups in total. The number of carbonyl (C=O) groups excluding carboxylic acids is 2. The Labute approximate surface area is 198 Å². The van der Waals surface area contributed by atoms with Crippen molar-refractivity contribution in [3.63, 3.8) is 0 Å². The fourth-order valence-electron chi connectivity index (χ4n) is 3.91. The first kappa shape index (κ1) is 24.9. The van der Waals surface area contributed by atoms with Gasteiger partial charge in [-0.3, -0.25) is 19.7 Å². The van der Waals surface area contributed by atoms with E-state index >= 15 is 0 Å². The van der Waals surface area contributed by atoms with Crippen LogP contribution >= 0.6 is 0 Å². The maximum atomic E-state index is 13.1. The van der Waals surface area contributed by atoms with Gasteiger partial charge < -0.3 is 19.6 Å². The summed E-state index contributed by atoms with van der Waals surface area (Å²) in [6.07, 6.45) is 1.44. The molecule has 34 heavy (non-hydrogen) atoms. The molecule has 9 nitrogen and oxygen atoms in total. The molecule has 1 atom stereocenters. The van der Waals surface area contributed by atoms with E-state index in [-0.39, 0.29) is 23.6 Å². The van der Waals surface area contributed by atoms with Gasteiger partial charge in [-0.1, -0.05) is 19.1 Å². The summed E-state index contributed by atoms with van der Waals surface area (Å²) in [4.78, 5) is 40.2. The van der Waals surface area contributed by atoms with Crippen LogP contribution in [0.3, 0.4) is 0 Å². The van der Waals surface area contributed by atoms with Crippen molar-refractivity contribution in [2.24, 2.45) is 0 Å². The van der Waals surface area contributed by atoms with Crippen LogP contribution < -0.4 is 4.74 Å². The van der Waals surface area contributed by atoms with Gasteiger partial charge >= 0.3 is 0 Å². The van der Waals surface area contributed by atoms with Gasteiger partial charge in [-0.05, 0) is 63.3 Å². The van der Waals surface area contributed by atoms with Gasteiger partial charge in [0.25, 0.3) is 17.4 Å². The number of ether oxygens (including phenoxy) is 1. The Kier molecular flexibility index (Phi) is 8.01. The molecule has 0 spiro atoms. The number of aliphatic hydroxyl groups is 1. The van der Waals surface area contributed by atoms with E-state index in [2.05, 4.69) is 0 Å². The number of amides is 1. The molecule has 1 aliphatic heterocycles. The van der Waals surface area contributed by atoms with Gasteiger partial charge in [0.1, 0.15) is 11.5 Å². The normalized spacial score (nSPS) is 17.4. The van der Waals surface area contributed by atoms with E-state index in [0.29, 0.717) is 36.4 Å². The minimum atomic E-state index is -0.932. The molecule has 0 aromatic heterocycles. The second kappa shape index (κ2) is 10.9. The van der Waals surface area contributed by atoms with Crippen LogP contribution in [0.5, 0.6) is 5.75 Å². The third-order valence-corrected chi connectivity index (χ3v) is 5.54. The molecule has 1 saturated heterocycles. The molecule has 2 aromatic carbocycles. The quantitative estimate of drug-likeness (QED) is 0.186. The van der Waals surface area contributed by atoms with Crippen LogP contribution in [0, 0.1) is 10.1 Å². The summed E-state index contributed by atoms with van der Waals surface area (Å²) in [5.41, 5.74) is 0.500. The minimum Gasteiger partial charge on any atom is -0.507 e. The number of nitro benzene ring substituents is 1. The van der Waals surface area contributed by atoms with E-state index < -0.39 is 22.7 Å². The van der Waals surface area contributed by atoms with Gasteiger partial charge in [0.15, 0.2) is 0 Å². The number of hydrogen-bond donors (Lipinski definition) is 1. The van der Waals surface area contributed by atoms with Crippen LogP contribution in [0.2, 0.25) is 0 Å². The molecule has 2 aromatic rings. The van der Waals surface area contributed by atoms with Gasteiger partial charge in [0.2, 0.25) is 0 Å². The van der Waals surface area contributed by atoms with Gasteiger partial charge in [0.05, 0.1) is 23.1 Å². The van der Waals surface area contributed by atoms with E-state index in [1.165, 1.54) is 23.1 Å². The van der Waals surface area contributed by atoms with Crippen molar-refractivity contribution in [1.82, 2.24) is 9.80 Å². The minimum absolute atomic E-state index is 0.0856. The van der Waals surface area contributed by atoms with E-state index in [1.807, 2.05) is 25.9 Å². The molecule has 1 amide bonds. The van der Waals surface area contributed by atoms with Crippen molar-refractivity contribution in [2.45, 2.75) is 25.8 Å². The summed E-state index contributed by atoms with van der Waals surface area (Å²) >= 11 is 0. The number of nitro groups is 1. The zero-order valence-electron chi connectivity index (χ0n) is 19.6. The Morgan fingerprint density at radius 3 is 2.50 bits per heavy atom. The summed E-state index contributed by atoms with van der Waals surface area (Å²) in [6.45, 7) is 3.49. The lowest BCUT2D eigenvalue weighted by Gasteiger charge is -2.25. The van der Waals surface area contributed by atoms with Crippen molar-refractivity contribution in [1.29, 1.82) is 0 Å². The second-order valence-electron chi connectivity index (χ2n) is 8.37. The largest absolute Gasteiger partial charge is 0.507 e. The van der Waals surface area contributed by atoms with Crippen LogP contribution in [0.4, 0.5) is 5.69 Å². The van der Waals surface area contributed by atoms with Crippen LogP contribution in [-0.4, -0.2) is 65.3 Å². The van der Waals surface area contributed by atoms with E-state index in [1.54, 1.807) is 30.3 Å². The molecule has 9 heteroatoms. The maximum Gasteiger partial charge on any atom is 0.295 e. The highest BCUT2D eigenvalue weighted by atomic mass is 16.6.